The van der Waals surface area contributed by atoms with Crippen LogP contribution in [0.5, 0.6) is 0 Å². The maximum Gasteiger partial charge on any atom is 0.324 e. The van der Waals surface area contributed by atoms with E-state index in [4.69, 9.17) is 0 Å². The van der Waals surface area contributed by atoms with Gasteiger partial charge in [-0.2, -0.15) is 5.10 Å². The van der Waals surface area contributed by atoms with Crippen molar-refractivity contribution in [2.45, 2.75) is 46.2 Å². The highest BCUT2D eigenvalue weighted by molar-refractivity contribution is 5.99. The van der Waals surface area contributed by atoms with E-state index in [1.54, 1.807) is 6.20 Å². The first-order valence-electron chi connectivity index (χ1n) is 11.0. The predicted molar refractivity (Wildman–Crippen MR) is 126 cm³/mol. The first kappa shape index (κ1) is 21.1. The largest absolute Gasteiger partial charge is 0.324 e. The van der Waals surface area contributed by atoms with E-state index in [2.05, 4.69) is 52.7 Å². The van der Waals surface area contributed by atoms with Crippen molar-refractivity contribution in [1.82, 2.24) is 14.7 Å². The smallest absolute Gasteiger partial charge is 0.307 e. The summed E-state index contributed by atoms with van der Waals surface area (Å²) in [6.07, 6.45) is 3.78. The Bertz CT molecular complexity index is 1050. The van der Waals surface area contributed by atoms with Gasteiger partial charge in [0.15, 0.2) is 0 Å². The van der Waals surface area contributed by atoms with E-state index >= 15 is 0 Å². The van der Waals surface area contributed by atoms with Gasteiger partial charge in [-0.15, -0.1) is 0 Å². The predicted octanol–water partition coefficient (Wildman–Crippen LogP) is 5.29. The molecule has 0 aliphatic carbocycles. The van der Waals surface area contributed by atoms with Crippen LogP contribution in [0.2, 0.25) is 0 Å². The Balaban J connectivity index is 1.34. The van der Waals surface area contributed by atoms with E-state index in [1.165, 1.54) is 16.7 Å². The number of aryl methyl sites for hydroxylation is 3. The molecule has 31 heavy (non-hydrogen) atoms. The summed E-state index contributed by atoms with van der Waals surface area (Å²) in [5.41, 5.74) is 5.92. The molecule has 1 aliphatic rings. The fourth-order valence-corrected chi connectivity index (χ4v) is 4.22. The Hall–Kier alpha value is -3.12. The molecule has 2 amide bonds. The molecule has 4 rings (SSSR count). The van der Waals surface area contributed by atoms with Gasteiger partial charge >= 0.3 is 6.03 Å². The highest BCUT2D eigenvalue weighted by Gasteiger charge is 2.23. The Morgan fingerprint density at radius 2 is 1.77 bits per heavy atom. The van der Waals surface area contributed by atoms with Crippen LogP contribution in [0.4, 0.5) is 16.3 Å². The van der Waals surface area contributed by atoms with Crippen molar-refractivity contribution in [3.63, 3.8) is 0 Å². The Labute approximate surface area is 184 Å². The molecule has 3 aromatic rings. The molecular weight excluding hydrogens is 386 g/mol. The molecule has 0 spiro atoms. The van der Waals surface area contributed by atoms with Crippen LogP contribution < -0.4 is 10.6 Å². The summed E-state index contributed by atoms with van der Waals surface area (Å²) < 4.78 is 1.96. The van der Waals surface area contributed by atoms with Gasteiger partial charge in [0.2, 0.25) is 0 Å². The molecule has 6 nitrogen and oxygen atoms in total. The van der Waals surface area contributed by atoms with E-state index in [0.717, 1.165) is 49.5 Å². The van der Waals surface area contributed by atoms with Gasteiger partial charge in [0, 0.05) is 31.4 Å². The van der Waals surface area contributed by atoms with E-state index in [1.807, 2.05) is 41.9 Å². The molecule has 1 aromatic heterocycles. The quantitative estimate of drug-likeness (QED) is 0.593. The molecule has 2 aromatic carbocycles. The summed E-state index contributed by atoms with van der Waals surface area (Å²) in [7, 11) is 0. The van der Waals surface area contributed by atoms with Crippen LogP contribution in [0.15, 0.2) is 54.7 Å². The monoisotopic (exact) mass is 417 g/mol. The third-order valence-electron chi connectivity index (χ3n) is 6.11. The van der Waals surface area contributed by atoms with E-state index < -0.39 is 0 Å². The summed E-state index contributed by atoms with van der Waals surface area (Å²) in [6, 6.07) is 16.3. The Morgan fingerprint density at radius 1 is 1.00 bits per heavy atom. The second kappa shape index (κ2) is 9.35. The fourth-order valence-electron chi connectivity index (χ4n) is 4.22. The zero-order chi connectivity index (χ0) is 21.8. The molecule has 2 heterocycles. The van der Waals surface area contributed by atoms with Gasteiger partial charge in [-0.1, -0.05) is 42.0 Å². The number of rotatable bonds is 5. The van der Waals surface area contributed by atoms with Crippen LogP contribution in [0.1, 0.15) is 41.1 Å². The van der Waals surface area contributed by atoms with Crippen LogP contribution >= 0.6 is 0 Å². The number of carbonyl (C=O) groups excluding carboxylic acids is 1. The number of hydrogen-bond acceptors (Lipinski definition) is 3. The number of amides is 2. The number of aromatic nitrogens is 2. The minimum atomic E-state index is -0.247. The summed E-state index contributed by atoms with van der Waals surface area (Å²) >= 11 is 0. The van der Waals surface area contributed by atoms with Gasteiger partial charge in [0.1, 0.15) is 5.82 Å². The van der Waals surface area contributed by atoms with E-state index in [-0.39, 0.29) is 6.03 Å². The number of nitrogens with one attached hydrogen (secondary N) is 2. The van der Waals surface area contributed by atoms with Gasteiger partial charge in [0.25, 0.3) is 0 Å². The summed E-state index contributed by atoms with van der Waals surface area (Å²) in [6.45, 7) is 9.34. The lowest BCUT2D eigenvalue weighted by Gasteiger charge is -2.33. The van der Waals surface area contributed by atoms with E-state index in [0.29, 0.717) is 6.04 Å². The van der Waals surface area contributed by atoms with Gasteiger partial charge in [-0.3, -0.25) is 10.2 Å². The van der Waals surface area contributed by atoms with E-state index in [9.17, 15) is 4.79 Å². The van der Waals surface area contributed by atoms with Crippen molar-refractivity contribution in [3.8, 4) is 0 Å². The molecule has 2 N–H and O–H groups in total. The maximum absolute atomic E-state index is 12.5. The molecule has 162 valence electrons. The van der Waals surface area contributed by atoms with Gasteiger partial charge < -0.3 is 5.32 Å². The molecule has 0 unspecified atom stereocenters. The Kier molecular flexibility index (Phi) is 6.37. The lowest BCUT2D eigenvalue weighted by atomic mass is 10.0. The average Bonchev–Trinajstić information content (AvgIpc) is 3.21. The molecule has 1 aliphatic heterocycles. The van der Waals surface area contributed by atoms with Crippen molar-refractivity contribution in [3.05, 3.63) is 77.0 Å². The average molecular weight is 418 g/mol. The number of piperidine rings is 1. The number of benzene rings is 2. The number of hydrogen-bond donors (Lipinski definition) is 2. The second-order valence-corrected chi connectivity index (χ2v) is 8.49. The van der Waals surface area contributed by atoms with Crippen LogP contribution in [-0.2, 0) is 6.54 Å². The normalized spacial score (nSPS) is 15.1. The third kappa shape index (κ3) is 5.14. The molecule has 0 radical (unpaired) electrons. The lowest BCUT2D eigenvalue weighted by molar-refractivity contribution is 0.174. The summed E-state index contributed by atoms with van der Waals surface area (Å²) in [5.74, 6) is 0.735. The first-order valence-corrected chi connectivity index (χ1v) is 11.0. The van der Waals surface area contributed by atoms with Crippen molar-refractivity contribution in [2.75, 3.05) is 23.7 Å². The van der Waals surface area contributed by atoms with Crippen molar-refractivity contribution >= 4 is 17.5 Å². The number of urea groups is 1. The number of carbonyl (C=O) groups is 1. The lowest BCUT2D eigenvalue weighted by Crippen LogP contribution is -2.35. The van der Waals surface area contributed by atoms with Crippen molar-refractivity contribution in [2.24, 2.45) is 0 Å². The fraction of sp³-hybridized carbons (Fsp3) is 0.360. The SMILES string of the molecule is Cc1ccc(C)c(CN2CCC(n3nccc3NC(=O)Nc3ccccc3C)CC2)c1. The minimum Gasteiger partial charge on any atom is -0.307 e. The zero-order valence-electron chi connectivity index (χ0n) is 18.6. The molecule has 1 fully saturated rings. The number of anilines is 2. The number of para-hydroxylation sites is 1. The molecule has 0 atom stereocenters. The first-order chi connectivity index (χ1) is 15.0. The highest BCUT2D eigenvalue weighted by Crippen LogP contribution is 2.27. The number of nitrogens with zero attached hydrogens (tertiary/aromatic N) is 3. The molecular formula is C25H31N5O. The van der Waals surface area contributed by atoms with Crippen LogP contribution in [-0.4, -0.2) is 33.8 Å². The minimum absolute atomic E-state index is 0.247. The van der Waals surface area contributed by atoms with Crippen LogP contribution in [0, 0.1) is 20.8 Å². The Morgan fingerprint density at radius 3 is 2.55 bits per heavy atom. The topological polar surface area (TPSA) is 62.2 Å². The zero-order valence-corrected chi connectivity index (χ0v) is 18.6. The van der Waals surface area contributed by atoms with Gasteiger partial charge in [0.05, 0.1) is 12.2 Å². The summed E-state index contributed by atoms with van der Waals surface area (Å²) in [5, 5.41) is 10.4. The van der Waals surface area contributed by atoms with Crippen molar-refractivity contribution in [1.29, 1.82) is 0 Å². The summed E-state index contributed by atoms with van der Waals surface area (Å²) in [4.78, 5) is 15.0. The maximum atomic E-state index is 12.5. The third-order valence-corrected chi connectivity index (χ3v) is 6.11. The molecule has 0 saturated carbocycles. The molecule has 0 bridgehead atoms. The molecule has 1 saturated heterocycles. The second-order valence-electron chi connectivity index (χ2n) is 8.49. The highest BCUT2D eigenvalue weighted by atomic mass is 16.2. The standard InChI is InChI=1S/C25H31N5O/c1-18-8-9-19(2)21(16-18)17-29-14-11-22(12-15-29)30-24(10-13-26-30)28-25(31)27-23-7-5-4-6-20(23)3/h4-10,13,16,22H,11-12,14-15,17H2,1-3H3,(H2,27,28,31). The van der Waals surface area contributed by atoms with Gasteiger partial charge in [-0.05, 0) is 56.4 Å². The van der Waals surface area contributed by atoms with Crippen molar-refractivity contribution < 1.29 is 4.79 Å². The van der Waals surface area contributed by atoms with Crippen LogP contribution in [0.25, 0.3) is 0 Å². The molecule has 6 heteroatoms. The number of likely N-dealkylation sites (tertiary alicyclic amines) is 1. The van der Waals surface area contributed by atoms with Crippen LogP contribution in [0.3, 0.4) is 0 Å². The van der Waals surface area contributed by atoms with Gasteiger partial charge in [-0.25, -0.2) is 9.48 Å².